The number of pyridine rings is 1. The molecule has 1 aromatic heterocycles. The number of hydrogen-bond acceptors (Lipinski definition) is 5. The molecule has 0 saturated heterocycles. The Morgan fingerprint density at radius 1 is 1.50 bits per heavy atom. The van der Waals surface area contributed by atoms with Gasteiger partial charge in [-0.25, -0.2) is 4.98 Å². The Morgan fingerprint density at radius 3 is 2.72 bits per heavy atom. The number of aryl methyl sites for hydroxylation is 1. The first kappa shape index (κ1) is 15.4. The van der Waals surface area contributed by atoms with Crippen molar-refractivity contribution >= 4 is 28.5 Å². The van der Waals surface area contributed by atoms with E-state index in [9.17, 15) is 15.0 Å². The fourth-order valence-electron chi connectivity index (χ4n) is 1.44. The van der Waals surface area contributed by atoms with Gasteiger partial charge in [-0.3, -0.25) is 4.79 Å². The van der Waals surface area contributed by atoms with E-state index < -0.39 is 12.2 Å². The highest BCUT2D eigenvalue weighted by molar-refractivity contribution is 8.13. The fourth-order valence-corrected chi connectivity index (χ4v) is 2.40. The summed E-state index contributed by atoms with van der Waals surface area (Å²) in [7, 11) is 0. The molecule has 18 heavy (non-hydrogen) atoms. The summed E-state index contributed by atoms with van der Waals surface area (Å²) in [5, 5.41) is 20.0. The molecule has 1 heterocycles. The fraction of sp³-hybridized carbons (Fsp3) is 0.500. The predicted molar refractivity (Wildman–Crippen MR) is 72.7 cm³/mol. The summed E-state index contributed by atoms with van der Waals surface area (Å²) >= 11 is 7.03. The first-order valence-corrected chi connectivity index (χ1v) is 6.90. The van der Waals surface area contributed by atoms with Gasteiger partial charge in [0.05, 0.1) is 6.10 Å². The van der Waals surface area contributed by atoms with Crippen LogP contribution in [0.5, 0.6) is 0 Å². The van der Waals surface area contributed by atoms with Crippen LogP contribution in [0.4, 0.5) is 0 Å². The van der Waals surface area contributed by atoms with Crippen molar-refractivity contribution in [2.75, 3.05) is 5.75 Å². The molecule has 0 aromatic carbocycles. The molecule has 0 amide bonds. The molecule has 1 aromatic rings. The van der Waals surface area contributed by atoms with Gasteiger partial charge in [0.15, 0.2) is 5.12 Å². The Morgan fingerprint density at radius 2 is 2.17 bits per heavy atom. The van der Waals surface area contributed by atoms with Crippen LogP contribution in [0.15, 0.2) is 12.1 Å². The van der Waals surface area contributed by atoms with Gasteiger partial charge in [-0.1, -0.05) is 29.4 Å². The molecule has 0 aliphatic rings. The maximum Gasteiger partial charge on any atom is 0.185 e. The van der Waals surface area contributed by atoms with Crippen molar-refractivity contribution in [3.8, 4) is 0 Å². The lowest BCUT2D eigenvalue weighted by atomic mass is 10.0. The lowest BCUT2D eigenvalue weighted by molar-refractivity contribution is -0.109. The average molecular weight is 290 g/mol. The molecular formula is C12H16ClNO3S. The third-order valence-corrected chi connectivity index (χ3v) is 3.57. The van der Waals surface area contributed by atoms with Crippen LogP contribution in [-0.2, 0) is 4.79 Å². The summed E-state index contributed by atoms with van der Waals surface area (Å²) < 4.78 is 0. The number of aliphatic hydroxyl groups is 2. The van der Waals surface area contributed by atoms with E-state index in [2.05, 4.69) is 4.98 Å². The lowest BCUT2D eigenvalue weighted by Gasteiger charge is -2.18. The molecule has 6 heteroatoms. The molecule has 0 aliphatic carbocycles. The first-order chi connectivity index (χ1) is 8.41. The van der Waals surface area contributed by atoms with Crippen molar-refractivity contribution < 1.29 is 15.0 Å². The Hall–Kier alpha value is -0.620. The molecule has 100 valence electrons. The quantitative estimate of drug-likeness (QED) is 0.813. The zero-order valence-electron chi connectivity index (χ0n) is 10.3. The molecular weight excluding hydrogens is 274 g/mol. The first-order valence-electron chi connectivity index (χ1n) is 5.54. The minimum Gasteiger partial charge on any atom is -0.390 e. The number of halogens is 1. The second-order valence-electron chi connectivity index (χ2n) is 3.97. The summed E-state index contributed by atoms with van der Waals surface area (Å²) in [5.74, 6) is 0.463. The predicted octanol–water partition coefficient (Wildman–Crippen LogP) is 2.11. The average Bonchev–Trinajstić information content (AvgIpc) is 2.27. The van der Waals surface area contributed by atoms with Crippen LogP contribution in [-0.4, -0.2) is 32.2 Å². The van der Waals surface area contributed by atoms with Crippen molar-refractivity contribution in [1.82, 2.24) is 4.98 Å². The largest absolute Gasteiger partial charge is 0.390 e. The molecule has 0 saturated carbocycles. The number of carbonyl (C=O) groups excluding carboxylic acids is 1. The van der Waals surface area contributed by atoms with Crippen molar-refractivity contribution in [3.05, 3.63) is 28.5 Å². The van der Waals surface area contributed by atoms with Gasteiger partial charge in [-0.2, -0.15) is 0 Å². The van der Waals surface area contributed by atoms with E-state index in [1.54, 1.807) is 19.1 Å². The normalized spacial score (nSPS) is 14.3. The van der Waals surface area contributed by atoms with Gasteiger partial charge in [0.25, 0.3) is 0 Å². The third kappa shape index (κ3) is 4.57. The highest BCUT2D eigenvalue weighted by Crippen LogP contribution is 2.26. The van der Waals surface area contributed by atoms with Gasteiger partial charge in [0.2, 0.25) is 0 Å². The van der Waals surface area contributed by atoms with E-state index >= 15 is 0 Å². The Kier molecular flexibility index (Phi) is 6.08. The molecule has 0 aliphatic heterocycles. The third-order valence-electron chi connectivity index (χ3n) is 2.42. The van der Waals surface area contributed by atoms with Gasteiger partial charge in [0, 0.05) is 23.9 Å². The molecule has 0 radical (unpaired) electrons. The Bertz CT molecular complexity index is 428. The van der Waals surface area contributed by atoms with Crippen LogP contribution in [0, 0.1) is 6.92 Å². The molecule has 1 rings (SSSR count). The molecule has 0 spiro atoms. The molecule has 0 fully saturated rings. The summed E-state index contributed by atoms with van der Waals surface area (Å²) in [6, 6.07) is 3.37. The number of hydrogen-bond donors (Lipinski definition) is 2. The van der Waals surface area contributed by atoms with Crippen LogP contribution < -0.4 is 0 Å². The second kappa shape index (κ2) is 7.09. The van der Waals surface area contributed by atoms with E-state index in [1.165, 1.54) is 6.92 Å². The molecule has 2 unspecified atom stereocenters. The van der Waals surface area contributed by atoms with Crippen LogP contribution >= 0.6 is 23.4 Å². The van der Waals surface area contributed by atoms with Gasteiger partial charge in [-0.15, -0.1) is 0 Å². The maximum absolute atomic E-state index is 10.7. The summed E-state index contributed by atoms with van der Waals surface area (Å²) in [6.45, 7) is 3.26. The van der Waals surface area contributed by atoms with Crippen LogP contribution in [0.25, 0.3) is 0 Å². The molecule has 2 atom stereocenters. The van der Waals surface area contributed by atoms with Crippen molar-refractivity contribution in [3.63, 3.8) is 0 Å². The van der Waals surface area contributed by atoms with E-state index in [1.807, 2.05) is 0 Å². The maximum atomic E-state index is 10.7. The van der Waals surface area contributed by atoms with Crippen LogP contribution in [0.3, 0.4) is 0 Å². The standard InChI is InChI=1S/C12H16ClNO3S/c1-7-3-4-9(12(13)14-7)11(17)10(16)5-6-18-8(2)15/h3-4,10-11,16-17H,5-6H2,1-2H3. The molecule has 0 bridgehead atoms. The molecule has 4 nitrogen and oxygen atoms in total. The van der Waals surface area contributed by atoms with Gasteiger partial charge >= 0.3 is 0 Å². The smallest absolute Gasteiger partial charge is 0.185 e. The highest BCUT2D eigenvalue weighted by atomic mass is 35.5. The minimum atomic E-state index is -1.09. The van der Waals surface area contributed by atoms with E-state index in [-0.39, 0.29) is 10.3 Å². The van der Waals surface area contributed by atoms with Crippen LogP contribution in [0.2, 0.25) is 5.15 Å². The van der Waals surface area contributed by atoms with E-state index in [4.69, 9.17) is 11.6 Å². The number of aromatic nitrogens is 1. The zero-order valence-corrected chi connectivity index (χ0v) is 11.8. The summed E-state index contributed by atoms with van der Waals surface area (Å²) in [4.78, 5) is 14.8. The monoisotopic (exact) mass is 289 g/mol. The van der Waals surface area contributed by atoms with Crippen LogP contribution in [0.1, 0.15) is 30.7 Å². The number of carbonyl (C=O) groups is 1. The topological polar surface area (TPSA) is 70.4 Å². The number of thioether (sulfide) groups is 1. The van der Waals surface area contributed by atoms with Gasteiger partial charge in [-0.05, 0) is 19.4 Å². The number of rotatable bonds is 5. The van der Waals surface area contributed by atoms with Crippen molar-refractivity contribution in [2.24, 2.45) is 0 Å². The SMILES string of the molecule is CC(=O)SCCC(O)C(O)c1ccc(C)nc1Cl. The Labute approximate surface area is 115 Å². The number of aliphatic hydroxyl groups excluding tert-OH is 2. The molecule has 2 N–H and O–H groups in total. The number of nitrogens with zero attached hydrogens (tertiary/aromatic N) is 1. The Balaban J connectivity index is 2.62. The lowest BCUT2D eigenvalue weighted by Crippen LogP contribution is -2.20. The second-order valence-corrected chi connectivity index (χ2v) is 5.60. The van der Waals surface area contributed by atoms with Gasteiger partial charge in [0.1, 0.15) is 11.3 Å². The summed E-state index contributed by atoms with van der Waals surface area (Å²) in [6.07, 6.45) is -1.73. The minimum absolute atomic E-state index is 0.00766. The van der Waals surface area contributed by atoms with Crippen molar-refractivity contribution in [2.45, 2.75) is 32.5 Å². The van der Waals surface area contributed by atoms with E-state index in [0.29, 0.717) is 17.7 Å². The van der Waals surface area contributed by atoms with E-state index in [0.717, 1.165) is 17.5 Å². The van der Waals surface area contributed by atoms with Crippen molar-refractivity contribution in [1.29, 1.82) is 0 Å². The zero-order chi connectivity index (χ0) is 13.7. The highest BCUT2D eigenvalue weighted by Gasteiger charge is 2.21. The van der Waals surface area contributed by atoms with Gasteiger partial charge < -0.3 is 10.2 Å². The summed E-state index contributed by atoms with van der Waals surface area (Å²) in [5.41, 5.74) is 1.15.